The molecule has 0 aliphatic heterocycles. The van der Waals surface area contributed by atoms with Crippen LogP contribution in [0.1, 0.15) is 6.42 Å². The van der Waals surface area contributed by atoms with Crippen molar-refractivity contribution in [1.29, 1.82) is 0 Å². The number of ether oxygens (including phenoxy) is 2. The summed E-state index contributed by atoms with van der Waals surface area (Å²) in [6.45, 7) is 8.00. The highest BCUT2D eigenvalue weighted by atomic mass is 28.3. The molecule has 8 heteroatoms. The quantitative estimate of drug-likeness (QED) is 0.350. The van der Waals surface area contributed by atoms with Crippen LogP contribution in [-0.4, -0.2) is 43.4 Å². The van der Waals surface area contributed by atoms with Gasteiger partial charge in [-0.15, -0.1) is 0 Å². The van der Waals surface area contributed by atoms with E-state index in [-0.39, 0.29) is 12.3 Å². The largest absolute Gasteiger partial charge is 0.496 e. The molecule has 1 aliphatic rings. The Hall–Kier alpha value is -2.71. The molecule has 2 atom stereocenters. The van der Waals surface area contributed by atoms with Crippen LogP contribution in [0, 0.1) is 5.92 Å². The van der Waals surface area contributed by atoms with Crippen molar-refractivity contribution in [3.63, 3.8) is 0 Å². The average Bonchev–Trinajstić information content (AvgIpc) is 3.39. The van der Waals surface area contributed by atoms with Crippen LogP contribution in [0.2, 0.25) is 25.7 Å². The first-order valence-electron chi connectivity index (χ1n) is 10.9. The number of carbonyl (C=O) groups is 1. The summed E-state index contributed by atoms with van der Waals surface area (Å²) in [5.74, 6) is 0.299. The Kier molecular flexibility index (Phi) is 6.35. The highest BCUT2D eigenvalue weighted by Gasteiger charge is 2.43. The zero-order valence-corrected chi connectivity index (χ0v) is 20.0. The number of hydrogen-bond acceptors (Lipinski definition) is 4. The molecule has 32 heavy (non-hydrogen) atoms. The molecule has 2 aromatic heterocycles. The second-order valence-electron chi connectivity index (χ2n) is 9.48. The van der Waals surface area contributed by atoms with E-state index < -0.39 is 20.2 Å². The Bertz CT molecular complexity index is 1130. The van der Waals surface area contributed by atoms with Crippen LogP contribution in [0.5, 0.6) is 5.75 Å². The van der Waals surface area contributed by atoms with E-state index in [1.165, 1.54) is 0 Å². The van der Waals surface area contributed by atoms with Gasteiger partial charge in [-0.2, -0.15) is 0 Å². The first kappa shape index (κ1) is 22.5. The third-order valence-corrected chi connectivity index (χ3v) is 7.35. The summed E-state index contributed by atoms with van der Waals surface area (Å²) in [6, 6.07) is 12.6. The number of methoxy groups -OCH3 is 1. The van der Waals surface area contributed by atoms with Crippen molar-refractivity contribution in [2.24, 2.45) is 5.92 Å². The van der Waals surface area contributed by atoms with E-state index in [9.17, 15) is 9.18 Å². The number of anilines is 1. The number of fused-ring (bicyclic) bond motifs is 1. The maximum absolute atomic E-state index is 13.3. The van der Waals surface area contributed by atoms with Gasteiger partial charge in [0.15, 0.2) is 0 Å². The summed E-state index contributed by atoms with van der Waals surface area (Å²) in [7, 11) is 0.461. The Morgan fingerprint density at radius 2 is 1.97 bits per heavy atom. The Balaban J connectivity index is 1.66. The molecule has 0 saturated heterocycles. The fourth-order valence-electron chi connectivity index (χ4n) is 3.61. The molecular formula is C24H30FN3O3Si. The van der Waals surface area contributed by atoms with E-state index in [2.05, 4.69) is 29.9 Å². The summed E-state index contributed by atoms with van der Waals surface area (Å²) in [4.78, 5) is 16.9. The van der Waals surface area contributed by atoms with Crippen LogP contribution < -0.4 is 10.1 Å². The van der Waals surface area contributed by atoms with E-state index in [1.807, 2.05) is 41.1 Å². The van der Waals surface area contributed by atoms with Crippen LogP contribution in [0.4, 0.5) is 10.2 Å². The van der Waals surface area contributed by atoms with Gasteiger partial charge in [0.05, 0.1) is 13.0 Å². The predicted molar refractivity (Wildman–Crippen MR) is 127 cm³/mol. The Morgan fingerprint density at radius 3 is 2.66 bits per heavy atom. The van der Waals surface area contributed by atoms with Crippen molar-refractivity contribution in [3.05, 3.63) is 42.6 Å². The lowest BCUT2D eigenvalue weighted by Gasteiger charge is -2.15. The third kappa shape index (κ3) is 5.02. The highest BCUT2D eigenvalue weighted by molar-refractivity contribution is 6.76. The predicted octanol–water partition coefficient (Wildman–Crippen LogP) is 5.32. The zero-order chi connectivity index (χ0) is 22.9. The molecule has 6 nitrogen and oxygen atoms in total. The lowest BCUT2D eigenvalue weighted by molar-refractivity contribution is -0.117. The van der Waals surface area contributed by atoms with E-state index in [4.69, 9.17) is 9.47 Å². The first-order valence-corrected chi connectivity index (χ1v) is 14.6. The van der Waals surface area contributed by atoms with E-state index in [0.29, 0.717) is 24.8 Å². The Labute approximate surface area is 188 Å². The van der Waals surface area contributed by atoms with Crippen LogP contribution in [0.3, 0.4) is 0 Å². The van der Waals surface area contributed by atoms with E-state index >= 15 is 0 Å². The number of aromatic nitrogens is 2. The van der Waals surface area contributed by atoms with Gasteiger partial charge in [0.25, 0.3) is 0 Å². The molecule has 1 N–H and O–H groups in total. The lowest BCUT2D eigenvalue weighted by atomic mass is 10.0. The normalized spacial score (nSPS) is 18.0. The number of nitrogens with zero attached hydrogens (tertiary/aromatic N) is 2. The average molecular weight is 456 g/mol. The van der Waals surface area contributed by atoms with Gasteiger partial charge in [-0.05, 0) is 30.7 Å². The molecule has 0 radical (unpaired) electrons. The molecule has 3 aromatic rings. The molecule has 0 bridgehead atoms. The second-order valence-corrected chi connectivity index (χ2v) is 15.1. The van der Waals surface area contributed by atoms with Crippen LogP contribution >= 0.6 is 0 Å². The van der Waals surface area contributed by atoms with Crippen molar-refractivity contribution >= 4 is 30.8 Å². The molecule has 2 heterocycles. The van der Waals surface area contributed by atoms with Crippen LogP contribution in [0.15, 0.2) is 42.6 Å². The molecule has 4 rings (SSSR count). The zero-order valence-electron chi connectivity index (χ0n) is 19.0. The number of alkyl halides is 1. The van der Waals surface area contributed by atoms with Crippen molar-refractivity contribution in [2.75, 3.05) is 19.0 Å². The van der Waals surface area contributed by atoms with Gasteiger partial charge in [0.2, 0.25) is 5.91 Å². The molecule has 1 amide bonds. The number of amides is 1. The summed E-state index contributed by atoms with van der Waals surface area (Å²) in [6.07, 6.45) is 1.25. The van der Waals surface area contributed by atoms with Gasteiger partial charge in [-0.3, -0.25) is 4.79 Å². The number of nitrogens with one attached hydrogen (secondary N) is 1. The van der Waals surface area contributed by atoms with Gasteiger partial charge in [0.1, 0.15) is 30.1 Å². The van der Waals surface area contributed by atoms with Crippen LogP contribution in [0.25, 0.3) is 22.2 Å². The number of hydrogen-bond donors (Lipinski definition) is 1. The molecule has 0 spiro atoms. The van der Waals surface area contributed by atoms with Gasteiger partial charge in [-0.25, -0.2) is 9.37 Å². The topological polar surface area (TPSA) is 65.4 Å². The van der Waals surface area contributed by atoms with Crippen molar-refractivity contribution < 1.29 is 18.7 Å². The number of halogens is 1. The SMILES string of the molecule is COc1ccccc1-c1cn(COCC[Si](C)(C)C)c2nc(NC(=O)[C@@H]3C[C@@H]3F)ccc12. The lowest BCUT2D eigenvalue weighted by Crippen LogP contribution is -2.22. The summed E-state index contributed by atoms with van der Waals surface area (Å²) >= 11 is 0. The highest BCUT2D eigenvalue weighted by Crippen LogP contribution is 2.37. The van der Waals surface area contributed by atoms with Gasteiger partial charge in [-0.1, -0.05) is 37.8 Å². The minimum atomic E-state index is -1.19. The minimum Gasteiger partial charge on any atom is -0.496 e. The van der Waals surface area contributed by atoms with Gasteiger partial charge in [0, 0.05) is 37.4 Å². The molecule has 1 saturated carbocycles. The Morgan fingerprint density at radius 1 is 1.22 bits per heavy atom. The van der Waals surface area contributed by atoms with Crippen molar-refractivity contribution in [1.82, 2.24) is 9.55 Å². The standard InChI is InChI=1S/C24H30FN3O3Si/c1-30-21-8-6-5-7-16(21)19-14-28(15-31-11-12-32(2,3)4)23-17(19)9-10-22(26-23)27-24(29)18-13-20(18)25/h5-10,14,18,20H,11-13,15H2,1-4H3,(H,26,27,29)/t18-,20+/m1/s1. The fraction of sp³-hybridized carbons (Fsp3) is 0.417. The first-order chi connectivity index (χ1) is 15.3. The number of carbonyl (C=O) groups excluding carboxylic acids is 1. The maximum atomic E-state index is 13.3. The summed E-state index contributed by atoms with van der Waals surface area (Å²) in [5, 5.41) is 3.68. The number of rotatable bonds is 9. The second kappa shape index (κ2) is 9.03. The molecule has 1 aliphatic carbocycles. The van der Waals surface area contributed by atoms with Gasteiger partial charge >= 0.3 is 0 Å². The number of para-hydroxylation sites is 1. The maximum Gasteiger partial charge on any atom is 0.231 e. The fourth-order valence-corrected chi connectivity index (χ4v) is 4.37. The smallest absolute Gasteiger partial charge is 0.231 e. The number of pyridine rings is 1. The number of benzene rings is 1. The molecule has 0 unspecified atom stereocenters. The molecular weight excluding hydrogens is 425 g/mol. The molecule has 1 fully saturated rings. The minimum absolute atomic E-state index is 0.285. The van der Waals surface area contributed by atoms with Gasteiger partial charge < -0.3 is 19.4 Å². The van der Waals surface area contributed by atoms with E-state index in [1.54, 1.807) is 13.2 Å². The van der Waals surface area contributed by atoms with Crippen molar-refractivity contribution in [3.8, 4) is 16.9 Å². The third-order valence-electron chi connectivity index (χ3n) is 5.65. The monoisotopic (exact) mass is 455 g/mol. The van der Waals surface area contributed by atoms with Crippen LogP contribution in [-0.2, 0) is 16.3 Å². The molecule has 170 valence electrons. The van der Waals surface area contributed by atoms with E-state index in [0.717, 1.165) is 28.3 Å². The van der Waals surface area contributed by atoms with Crippen molar-refractivity contribution in [2.45, 2.75) is 45.0 Å². The molecule has 1 aromatic carbocycles. The summed E-state index contributed by atoms with van der Waals surface area (Å²) < 4.78 is 26.8. The summed E-state index contributed by atoms with van der Waals surface area (Å²) in [5.41, 5.74) is 2.63.